The molecule has 6 heteroatoms. The van der Waals surface area contributed by atoms with Gasteiger partial charge < -0.3 is 11.1 Å². The summed E-state index contributed by atoms with van der Waals surface area (Å²) in [6.45, 7) is 0.396. The second-order valence-corrected chi connectivity index (χ2v) is 5.39. The van der Waals surface area contributed by atoms with Gasteiger partial charge in [0.15, 0.2) is 0 Å². The smallest absolute Gasteiger partial charge is 0.270 e. The van der Waals surface area contributed by atoms with E-state index in [4.69, 9.17) is 5.73 Å². The van der Waals surface area contributed by atoms with E-state index in [0.717, 1.165) is 18.4 Å². The van der Waals surface area contributed by atoms with Crippen molar-refractivity contribution >= 4 is 5.91 Å². The predicted octanol–water partition coefficient (Wildman–Crippen LogP) is 1.88. The molecule has 1 fully saturated rings. The third-order valence-corrected chi connectivity index (χ3v) is 3.64. The van der Waals surface area contributed by atoms with E-state index in [-0.39, 0.29) is 24.8 Å². The number of nitrogens with one attached hydrogen (secondary N) is 1. The van der Waals surface area contributed by atoms with Gasteiger partial charge in [0.05, 0.1) is 0 Å². The average molecular weight is 300 g/mol. The number of nitrogens with zero attached hydrogens (tertiary/aromatic N) is 2. The number of benzene rings is 1. The SMILES string of the molecule is NCc1ccc(CNC(=O)c2ccnc(C3CC3)n2)c(F)c1. The molecule has 0 radical (unpaired) electrons. The molecule has 0 unspecified atom stereocenters. The Morgan fingerprint density at radius 1 is 1.36 bits per heavy atom. The van der Waals surface area contributed by atoms with Crippen LogP contribution in [0, 0.1) is 5.82 Å². The summed E-state index contributed by atoms with van der Waals surface area (Å²) in [5.74, 6) is 0.399. The number of carbonyl (C=O) groups is 1. The fourth-order valence-electron chi connectivity index (χ4n) is 2.17. The molecule has 0 atom stereocenters. The first kappa shape index (κ1) is 14.6. The van der Waals surface area contributed by atoms with E-state index in [1.54, 1.807) is 24.4 Å². The van der Waals surface area contributed by atoms with Crippen molar-refractivity contribution in [2.75, 3.05) is 0 Å². The number of hydrogen-bond donors (Lipinski definition) is 2. The Bertz CT molecular complexity index is 700. The van der Waals surface area contributed by atoms with Gasteiger partial charge in [-0.1, -0.05) is 12.1 Å². The van der Waals surface area contributed by atoms with Crippen molar-refractivity contribution in [1.82, 2.24) is 15.3 Å². The van der Waals surface area contributed by atoms with Gasteiger partial charge in [-0.3, -0.25) is 4.79 Å². The average Bonchev–Trinajstić information content (AvgIpc) is 3.38. The van der Waals surface area contributed by atoms with E-state index in [9.17, 15) is 9.18 Å². The highest BCUT2D eigenvalue weighted by atomic mass is 19.1. The van der Waals surface area contributed by atoms with Crippen LogP contribution in [0.4, 0.5) is 4.39 Å². The van der Waals surface area contributed by atoms with Crippen molar-refractivity contribution < 1.29 is 9.18 Å². The number of aromatic nitrogens is 2. The Morgan fingerprint density at radius 2 is 2.18 bits per heavy atom. The molecule has 3 rings (SSSR count). The number of carbonyl (C=O) groups excluding carboxylic acids is 1. The van der Waals surface area contributed by atoms with E-state index >= 15 is 0 Å². The van der Waals surface area contributed by atoms with Gasteiger partial charge >= 0.3 is 0 Å². The van der Waals surface area contributed by atoms with Gasteiger partial charge in [0.25, 0.3) is 5.91 Å². The van der Waals surface area contributed by atoms with Crippen LogP contribution < -0.4 is 11.1 Å². The second-order valence-electron chi connectivity index (χ2n) is 5.39. The zero-order valence-corrected chi connectivity index (χ0v) is 12.1. The van der Waals surface area contributed by atoms with Crippen molar-refractivity contribution in [2.24, 2.45) is 5.73 Å². The fraction of sp³-hybridized carbons (Fsp3) is 0.312. The van der Waals surface area contributed by atoms with Crippen LogP contribution in [0.2, 0.25) is 0 Å². The van der Waals surface area contributed by atoms with Crippen LogP contribution in [-0.2, 0) is 13.1 Å². The summed E-state index contributed by atoms with van der Waals surface area (Å²) in [5, 5.41) is 2.68. The van der Waals surface area contributed by atoms with Gasteiger partial charge in [0, 0.05) is 30.8 Å². The van der Waals surface area contributed by atoms with E-state index < -0.39 is 0 Å². The third-order valence-electron chi connectivity index (χ3n) is 3.64. The standard InChI is InChI=1S/C16H17FN4O/c17-13-7-10(8-18)1-2-12(13)9-20-16(22)14-5-6-19-15(21-14)11-3-4-11/h1-2,5-7,11H,3-4,8-9,18H2,(H,20,22). The van der Waals surface area contributed by atoms with E-state index in [2.05, 4.69) is 15.3 Å². The second kappa shape index (κ2) is 6.19. The molecule has 0 saturated heterocycles. The number of nitrogens with two attached hydrogens (primary N) is 1. The Labute approximate surface area is 127 Å². The third kappa shape index (κ3) is 3.28. The molecular weight excluding hydrogens is 283 g/mol. The van der Waals surface area contributed by atoms with Gasteiger partial charge in [-0.2, -0.15) is 0 Å². The van der Waals surface area contributed by atoms with Crippen molar-refractivity contribution in [1.29, 1.82) is 0 Å². The van der Waals surface area contributed by atoms with Gasteiger partial charge in [0.1, 0.15) is 17.3 Å². The highest BCUT2D eigenvalue weighted by Crippen LogP contribution is 2.37. The molecule has 0 aliphatic heterocycles. The van der Waals surface area contributed by atoms with Crippen LogP contribution in [-0.4, -0.2) is 15.9 Å². The summed E-state index contributed by atoms with van der Waals surface area (Å²) in [6, 6.07) is 6.33. The van der Waals surface area contributed by atoms with Crippen molar-refractivity contribution in [3.05, 3.63) is 58.9 Å². The summed E-state index contributed by atoms with van der Waals surface area (Å²) < 4.78 is 13.8. The molecule has 2 aromatic rings. The molecule has 0 spiro atoms. The Hall–Kier alpha value is -2.34. The number of rotatable bonds is 5. The molecule has 1 amide bonds. The minimum atomic E-state index is -0.371. The normalized spacial score (nSPS) is 13.9. The van der Waals surface area contributed by atoms with E-state index in [1.165, 1.54) is 6.07 Å². The fourth-order valence-corrected chi connectivity index (χ4v) is 2.17. The first-order valence-electron chi connectivity index (χ1n) is 7.26. The van der Waals surface area contributed by atoms with Crippen LogP contribution >= 0.6 is 0 Å². The maximum absolute atomic E-state index is 13.8. The molecule has 1 aromatic carbocycles. The maximum Gasteiger partial charge on any atom is 0.270 e. The van der Waals surface area contributed by atoms with E-state index in [1.807, 2.05) is 0 Å². The summed E-state index contributed by atoms with van der Waals surface area (Å²) in [7, 11) is 0. The molecule has 1 heterocycles. The summed E-state index contributed by atoms with van der Waals surface area (Å²) >= 11 is 0. The van der Waals surface area contributed by atoms with Crippen molar-refractivity contribution in [3.8, 4) is 0 Å². The lowest BCUT2D eigenvalue weighted by Crippen LogP contribution is -2.24. The molecule has 0 bridgehead atoms. The lowest BCUT2D eigenvalue weighted by atomic mass is 10.1. The van der Waals surface area contributed by atoms with E-state index in [0.29, 0.717) is 23.0 Å². The van der Waals surface area contributed by atoms with Crippen LogP contribution in [0.5, 0.6) is 0 Å². The number of halogens is 1. The topological polar surface area (TPSA) is 80.9 Å². The quantitative estimate of drug-likeness (QED) is 0.883. The summed E-state index contributed by atoms with van der Waals surface area (Å²) in [6.07, 6.45) is 3.74. The van der Waals surface area contributed by atoms with Crippen LogP contribution in [0.15, 0.2) is 30.5 Å². The van der Waals surface area contributed by atoms with Crippen LogP contribution in [0.1, 0.15) is 46.2 Å². The minimum Gasteiger partial charge on any atom is -0.347 e. The highest BCUT2D eigenvalue weighted by molar-refractivity contribution is 5.92. The van der Waals surface area contributed by atoms with Crippen LogP contribution in [0.3, 0.4) is 0 Å². The lowest BCUT2D eigenvalue weighted by Gasteiger charge is -2.08. The van der Waals surface area contributed by atoms with Gasteiger partial charge in [0.2, 0.25) is 0 Å². The van der Waals surface area contributed by atoms with Gasteiger partial charge in [-0.25, -0.2) is 14.4 Å². The molecule has 5 nitrogen and oxygen atoms in total. The molecule has 22 heavy (non-hydrogen) atoms. The van der Waals surface area contributed by atoms with Crippen LogP contribution in [0.25, 0.3) is 0 Å². The maximum atomic E-state index is 13.8. The number of hydrogen-bond acceptors (Lipinski definition) is 4. The van der Waals surface area contributed by atoms with Crippen molar-refractivity contribution in [2.45, 2.75) is 31.8 Å². The Balaban J connectivity index is 1.65. The lowest BCUT2D eigenvalue weighted by molar-refractivity contribution is 0.0945. The first-order chi connectivity index (χ1) is 10.7. The Morgan fingerprint density at radius 3 is 2.86 bits per heavy atom. The zero-order valence-electron chi connectivity index (χ0n) is 12.1. The monoisotopic (exact) mass is 300 g/mol. The largest absolute Gasteiger partial charge is 0.347 e. The number of amides is 1. The predicted molar refractivity (Wildman–Crippen MR) is 79.5 cm³/mol. The molecule has 3 N–H and O–H groups in total. The first-order valence-corrected chi connectivity index (χ1v) is 7.26. The highest BCUT2D eigenvalue weighted by Gasteiger charge is 2.27. The molecule has 114 valence electrons. The molecule has 1 aliphatic carbocycles. The molecule has 1 saturated carbocycles. The summed E-state index contributed by atoms with van der Waals surface area (Å²) in [5.41, 5.74) is 6.91. The zero-order chi connectivity index (χ0) is 15.5. The van der Waals surface area contributed by atoms with Gasteiger partial charge in [-0.15, -0.1) is 0 Å². The van der Waals surface area contributed by atoms with Crippen molar-refractivity contribution in [3.63, 3.8) is 0 Å². The Kier molecular flexibility index (Phi) is 4.11. The van der Waals surface area contributed by atoms with Gasteiger partial charge in [-0.05, 0) is 30.5 Å². The molecule has 1 aromatic heterocycles. The summed E-state index contributed by atoms with van der Waals surface area (Å²) in [4.78, 5) is 20.5. The minimum absolute atomic E-state index is 0.109. The molecule has 1 aliphatic rings. The molecular formula is C16H17FN4O.